The highest BCUT2D eigenvalue weighted by atomic mass is 35.5. The monoisotopic (exact) mass is 536 g/mol. The third-order valence-electron chi connectivity index (χ3n) is 7.71. The molecule has 5 N–H and O–H groups in total. The molecule has 1 saturated carbocycles. The number of nitrogens with zero attached hydrogens (tertiary/aromatic N) is 6. The number of nitrogens with one attached hydrogen (secondary N) is 3. The molecule has 3 amide bonds. The number of amides is 3. The molecule has 2 unspecified atom stereocenters. The van der Waals surface area contributed by atoms with Gasteiger partial charge in [-0.05, 0) is 50.3 Å². The molecule has 2 fully saturated rings. The molecule has 1 aliphatic carbocycles. The van der Waals surface area contributed by atoms with Crippen LogP contribution in [-0.2, 0) is 16.9 Å². The molecular weight excluding hydrogens is 508 g/mol. The topological polar surface area (TPSA) is 158 Å². The average Bonchev–Trinajstić information content (AvgIpc) is 3.19. The maximum Gasteiger partial charge on any atom is 0.318 e. The number of halogens is 1. The quantitative estimate of drug-likeness (QED) is 0.374. The average molecular weight is 537 g/mol. The first-order chi connectivity index (χ1) is 18.2. The van der Waals surface area contributed by atoms with E-state index in [9.17, 15) is 9.59 Å². The number of fused-ring (bicyclic) bond motifs is 1. The molecule has 0 bridgehead atoms. The molecule has 2 aliphatic heterocycles. The van der Waals surface area contributed by atoms with Gasteiger partial charge in [-0.15, -0.1) is 0 Å². The summed E-state index contributed by atoms with van der Waals surface area (Å²) in [7, 11) is 0. The van der Waals surface area contributed by atoms with E-state index in [0.717, 1.165) is 24.1 Å². The minimum atomic E-state index is -0.602. The lowest BCUT2D eigenvalue weighted by Gasteiger charge is -2.32. The Morgan fingerprint density at radius 1 is 1.18 bits per heavy atom. The molecule has 1 saturated heterocycles. The molecule has 0 radical (unpaired) electrons. The highest BCUT2D eigenvalue weighted by Gasteiger charge is 2.47. The number of aromatic nitrogens is 5. The number of carbonyl (C=O) groups excluding carboxylic acids is 2. The third-order valence-corrected chi connectivity index (χ3v) is 7.88. The summed E-state index contributed by atoms with van der Waals surface area (Å²) in [6.07, 6.45) is 2.36. The van der Waals surface area contributed by atoms with Crippen LogP contribution in [-0.4, -0.2) is 60.6 Å². The Hall–Kier alpha value is -3.93. The lowest BCUT2D eigenvalue weighted by Crippen LogP contribution is -2.47. The zero-order valence-corrected chi connectivity index (χ0v) is 21.9. The molecule has 3 aliphatic rings. The molecule has 38 heavy (non-hydrogen) atoms. The maximum atomic E-state index is 13.3. The molecule has 198 valence electrons. The van der Waals surface area contributed by atoms with Crippen LogP contribution in [0.5, 0.6) is 0 Å². The van der Waals surface area contributed by atoms with E-state index >= 15 is 0 Å². The number of aromatic amines is 1. The maximum absolute atomic E-state index is 13.3. The molecule has 2 aromatic heterocycles. The summed E-state index contributed by atoms with van der Waals surface area (Å²) in [6, 6.07) is 9.75. The number of urea groups is 1. The minimum Gasteiger partial charge on any atom is -0.368 e. The van der Waals surface area contributed by atoms with E-state index in [-0.39, 0.29) is 29.3 Å². The van der Waals surface area contributed by atoms with Crippen LogP contribution in [0.3, 0.4) is 0 Å². The van der Waals surface area contributed by atoms with Crippen molar-refractivity contribution in [2.45, 2.75) is 63.2 Å². The second-order valence-corrected chi connectivity index (χ2v) is 10.8. The highest BCUT2D eigenvalue weighted by molar-refractivity contribution is 6.28. The summed E-state index contributed by atoms with van der Waals surface area (Å²) < 4.78 is 0. The van der Waals surface area contributed by atoms with Crippen LogP contribution in [0.25, 0.3) is 0 Å². The fraction of sp³-hybridized carbons (Fsp3) is 0.440. The highest BCUT2D eigenvalue weighted by Crippen LogP contribution is 2.43. The van der Waals surface area contributed by atoms with Gasteiger partial charge in [-0.1, -0.05) is 30.3 Å². The minimum absolute atomic E-state index is 0.0152. The Labute approximate surface area is 224 Å². The smallest absolute Gasteiger partial charge is 0.318 e. The Morgan fingerprint density at radius 3 is 2.74 bits per heavy atom. The summed E-state index contributed by atoms with van der Waals surface area (Å²) in [5.41, 5.74) is 7.87. The van der Waals surface area contributed by atoms with Gasteiger partial charge in [0.25, 0.3) is 0 Å². The van der Waals surface area contributed by atoms with Gasteiger partial charge >= 0.3 is 6.03 Å². The first-order valence-corrected chi connectivity index (χ1v) is 13.1. The predicted octanol–water partition coefficient (Wildman–Crippen LogP) is 2.76. The van der Waals surface area contributed by atoms with Crippen molar-refractivity contribution >= 4 is 41.3 Å². The molecule has 13 heteroatoms. The van der Waals surface area contributed by atoms with Gasteiger partial charge in [-0.25, -0.2) is 4.79 Å². The van der Waals surface area contributed by atoms with Gasteiger partial charge in [0.05, 0.1) is 17.8 Å². The molecule has 4 heterocycles. The number of primary amides is 1. The van der Waals surface area contributed by atoms with Crippen LogP contribution < -0.4 is 21.3 Å². The van der Waals surface area contributed by atoms with Gasteiger partial charge in [0.1, 0.15) is 6.04 Å². The summed E-state index contributed by atoms with van der Waals surface area (Å²) in [5, 5.41) is 13.8. The number of hydrogen-bond acceptors (Lipinski definition) is 8. The number of anilines is 3. The van der Waals surface area contributed by atoms with Crippen LogP contribution in [0.4, 0.5) is 22.5 Å². The second-order valence-electron chi connectivity index (χ2n) is 10.5. The first kappa shape index (κ1) is 24.4. The summed E-state index contributed by atoms with van der Waals surface area (Å²) in [5.74, 6) is 0.877. The van der Waals surface area contributed by atoms with Crippen molar-refractivity contribution in [2.75, 3.05) is 16.8 Å². The van der Waals surface area contributed by atoms with E-state index < -0.39 is 17.5 Å². The summed E-state index contributed by atoms with van der Waals surface area (Å²) >= 11 is 6.20. The molecule has 6 rings (SSSR count). The van der Waals surface area contributed by atoms with Crippen molar-refractivity contribution < 1.29 is 9.59 Å². The molecule has 1 aromatic carbocycles. The van der Waals surface area contributed by atoms with Gasteiger partial charge in [0, 0.05) is 24.1 Å². The van der Waals surface area contributed by atoms with Crippen LogP contribution in [0.2, 0.25) is 5.28 Å². The zero-order chi connectivity index (χ0) is 26.6. The van der Waals surface area contributed by atoms with E-state index in [1.807, 2.05) is 32.0 Å². The number of nitrogens with two attached hydrogens (primary N) is 1. The normalized spacial score (nSPS) is 23.3. The van der Waals surface area contributed by atoms with Crippen LogP contribution in [0, 0.1) is 0 Å². The molecule has 12 nitrogen and oxygen atoms in total. The Balaban J connectivity index is 1.18. The van der Waals surface area contributed by atoms with Crippen LogP contribution in [0.15, 0.2) is 30.3 Å². The predicted molar refractivity (Wildman–Crippen MR) is 141 cm³/mol. The van der Waals surface area contributed by atoms with Crippen LogP contribution in [0.1, 0.15) is 55.8 Å². The Kier molecular flexibility index (Phi) is 5.86. The van der Waals surface area contributed by atoms with Crippen LogP contribution >= 0.6 is 11.6 Å². The van der Waals surface area contributed by atoms with Crippen molar-refractivity contribution in [3.63, 3.8) is 0 Å². The lowest BCUT2D eigenvalue weighted by atomic mass is 10.0. The SMILES string of the molecule is CC1(C)c2[nH]nc(Nc3nc(Cl)nc(N4CCC[C@H]4C(N)=O)n3)c2CN1C(=O)NC1CC1c1ccccc1. The van der Waals surface area contributed by atoms with E-state index in [0.29, 0.717) is 31.2 Å². The van der Waals surface area contributed by atoms with E-state index in [2.05, 4.69) is 47.9 Å². The lowest BCUT2D eigenvalue weighted by molar-refractivity contribution is -0.119. The molecular formula is C25H29ClN10O2. The van der Waals surface area contributed by atoms with Gasteiger partial charge in [-0.3, -0.25) is 9.89 Å². The molecule has 3 atom stereocenters. The fourth-order valence-corrected chi connectivity index (χ4v) is 5.69. The second kappa shape index (κ2) is 9.12. The van der Waals surface area contributed by atoms with E-state index in [1.54, 1.807) is 9.80 Å². The number of carbonyl (C=O) groups is 2. The molecule has 3 aromatic rings. The van der Waals surface area contributed by atoms with Gasteiger partial charge in [0.15, 0.2) is 5.82 Å². The van der Waals surface area contributed by atoms with E-state index in [4.69, 9.17) is 17.3 Å². The third kappa shape index (κ3) is 4.28. The summed E-state index contributed by atoms with van der Waals surface area (Å²) in [4.78, 5) is 41.6. The number of hydrogen-bond donors (Lipinski definition) is 4. The van der Waals surface area contributed by atoms with Crippen molar-refractivity contribution in [1.29, 1.82) is 0 Å². The van der Waals surface area contributed by atoms with Gasteiger partial charge in [0.2, 0.25) is 23.1 Å². The largest absolute Gasteiger partial charge is 0.368 e. The van der Waals surface area contributed by atoms with Crippen molar-refractivity contribution in [3.05, 3.63) is 52.4 Å². The number of benzene rings is 1. The Morgan fingerprint density at radius 2 is 1.97 bits per heavy atom. The Bertz CT molecular complexity index is 1390. The standard InChI is InChI=1S/C25H29ClN10O2/c1-25(2)18-15(12-36(25)24(38)28-16-11-14(16)13-7-4-3-5-8-13)20(34-33-18)29-22-30-21(26)31-23(32-22)35-10-6-9-17(35)19(27)37/h3-5,7-8,14,16-17H,6,9-12H2,1-2H3,(H2,27,37)(H,28,38)(H2,29,30,31,32,33,34)/t14?,16?,17-/m0/s1. The van der Waals surface area contributed by atoms with E-state index in [1.165, 1.54) is 5.56 Å². The van der Waals surface area contributed by atoms with Gasteiger partial charge < -0.3 is 26.2 Å². The zero-order valence-electron chi connectivity index (χ0n) is 21.1. The van der Waals surface area contributed by atoms with Gasteiger partial charge in [-0.2, -0.15) is 20.1 Å². The summed E-state index contributed by atoms with van der Waals surface area (Å²) in [6.45, 7) is 4.92. The van der Waals surface area contributed by atoms with Crippen molar-refractivity contribution in [1.82, 2.24) is 35.4 Å². The fourth-order valence-electron chi connectivity index (χ4n) is 5.54. The molecule has 0 spiro atoms. The first-order valence-electron chi connectivity index (χ1n) is 12.7. The number of H-pyrrole nitrogens is 1. The number of rotatable bonds is 6. The van der Waals surface area contributed by atoms with Crippen molar-refractivity contribution in [3.8, 4) is 0 Å². The van der Waals surface area contributed by atoms with Crippen molar-refractivity contribution in [2.24, 2.45) is 5.73 Å².